The number of carbonyl (C=O) groups is 2. The molecule has 2 N–H and O–H groups in total. The maximum Gasteiger partial charge on any atom is 0.317 e. The van der Waals surface area contributed by atoms with E-state index in [1.165, 1.54) is 0 Å². The van der Waals surface area contributed by atoms with Crippen molar-refractivity contribution in [2.45, 2.75) is 38.3 Å². The molecule has 1 aromatic heterocycles. The van der Waals surface area contributed by atoms with Crippen molar-refractivity contribution in [2.24, 2.45) is 0 Å². The van der Waals surface area contributed by atoms with E-state index in [4.69, 9.17) is 5.11 Å². The largest absolute Gasteiger partial charge is 0.481 e. The van der Waals surface area contributed by atoms with E-state index in [1.807, 2.05) is 54.8 Å². The van der Waals surface area contributed by atoms with Crippen LogP contribution >= 0.6 is 11.3 Å². The van der Waals surface area contributed by atoms with Gasteiger partial charge in [0.15, 0.2) is 0 Å². The minimum Gasteiger partial charge on any atom is -0.481 e. The molecule has 0 bridgehead atoms. The van der Waals surface area contributed by atoms with Gasteiger partial charge in [0, 0.05) is 24.4 Å². The third-order valence-corrected chi connectivity index (χ3v) is 5.26. The Bertz CT molecular complexity index is 673. The number of urea groups is 1. The molecule has 2 atom stereocenters. The van der Waals surface area contributed by atoms with Crippen molar-refractivity contribution in [3.63, 3.8) is 0 Å². The molecule has 2 rings (SSSR count). The maximum absolute atomic E-state index is 12.6. The molecule has 0 spiro atoms. The van der Waals surface area contributed by atoms with Crippen molar-refractivity contribution < 1.29 is 14.7 Å². The van der Waals surface area contributed by atoms with Gasteiger partial charge in [-0.25, -0.2) is 4.79 Å². The van der Waals surface area contributed by atoms with Gasteiger partial charge >= 0.3 is 12.0 Å². The second-order valence-electron chi connectivity index (χ2n) is 6.07. The number of carboxylic acid groups (broad SMARTS) is 1. The number of rotatable bonds is 8. The van der Waals surface area contributed by atoms with Gasteiger partial charge in [-0.15, -0.1) is 11.3 Å². The Labute approximate surface area is 152 Å². The van der Waals surface area contributed by atoms with Gasteiger partial charge in [0.25, 0.3) is 0 Å². The quantitative estimate of drug-likeness (QED) is 0.749. The summed E-state index contributed by atoms with van der Waals surface area (Å²) in [7, 11) is 1.76. The molecule has 0 saturated heterocycles. The van der Waals surface area contributed by atoms with Crippen LogP contribution in [0, 0.1) is 0 Å². The molecule has 6 heteroatoms. The predicted octanol–water partition coefficient (Wildman–Crippen LogP) is 3.93. The summed E-state index contributed by atoms with van der Waals surface area (Å²) in [5.41, 5.74) is 1.08. The molecular weight excluding hydrogens is 336 g/mol. The number of nitrogens with one attached hydrogen (secondary N) is 1. The smallest absolute Gasteiger partial charge is 0.317 e. The summed E-state index contributed by atoms with van der Waals surface area (Å²) in [6.07, 6.45) is 1.04. The van der Waals surface area contributed by atoms with Gasteiger partial charge in [0.2, 0.25) is 0 Å². The highest BCUT2D eigenvalue weighted by Crippen LogP contribution is 2.23. The van der Waals surface area contributed by atoms with Crippen molar-refractivity contribution in [3.05, 3.63) is 58.3 Å². The Morgan fingerprint density at radius 2 is 1.92 bits per heavy atom. The Morgan fingerprint density at radius 1 is 1.20 bits per heavy atom. The fourth-order valence-electron chi connectivity index (χ4n) is 2.59. The molecule has 5 nitrogen and oxygen atoms in total. The average molecular weight is 360 g/mol. The highest BCUT2D eigenvalue weighted by molar-refractivity contribution is 7.10. The zero-order chi connectivity index (χ0) is 18.2. The molecule has 0 fully saturated rings. The summed E-state index contributed by atoms with van der Waals surface area (Å²) in [6, 6.07) is 13.3. The number of thiophene rings is 1. The number of nitrogens with zero attached hydrogens (tertiary/aromatic N) is 1. The van der Waals surface area contributed by atoms with Crippen LogP contribution in [-0.4, -0.2) is 35.1 Å². The second kappa shape index (κ2) is 9.22. The van der Waals surface area contributed by atoms with E-state index in [1.54, 1.807) is 23.3 Å². The van der Waals surface area contributed by atoms with Gasteiger partial charge < -0.3 is 15.3 Å². The molecule has 2 aromatic rings. The molecule has 134 valence electrons. The zero-order valence-electron chi connectivity index (χ0n) is 14.5. The highest BCUT2D eigenvalue weighted by Gasteiger charge is 2.21. The third-order valence-electron chi connectivity index (χ3n) is 4.22. The van der Waals surface area contributed by atoms with Crippen LogP contribution in [0.1, 0.15) is 36.2 Å². The van der Waals surface area contributed by atoms with Gasteiger partial charge in [-0.3, -0.25) is 4.79 Å². The number of hydrogen-bond donors (Lipinski definition) is 2. The molecule has 0 aliphatic heterocycles. The summed E-state index contributed by atoms with van der Waals surface area (Å²) in [5, 5.41) is 13.9. The maximum atomic E-state index is 12.6. The third kappa shape index (κ3) is 5.90. The fraction of sp³-hybridized carbons (Fsp3) is 0.368. The van der Waals surface area contributed by atoms with E-state index in [9.17, 15) is 9.59 Å². The van der Waals surface area contributed by atoms with Gasteiger partial charge in [-0.05, 0) is 36.8 Å². The first-order valence-corrected chi connectivity index (χ1v) is 9.17. The lowest BCUT2D eigenvalue weighted by atomic mass is 10.0. The first-order chi connectivity index (χ1) is 12.0. The van der Waals surface area contributed by atoms with E-state index < -0.39 is 5.97 Å². The topological polar surface area (TPSA) is 69.6 Å². The zero-order valence-corrected chi connectivity index (χ0v) is 15.3. The summed E-state index contributed by atoms with van der Waals surface area (Å²) in [6.45, 7) is 1.98. The van der Waals surface area contributed by atoms with E-state index in [0.717, 1.165) is 10.4 Å². The number of carboxylic acids is 1. The normalized spacial score (nSPS) is 13.0. The summed E-state index contributed by atoms with van der Waals surface area (Å²) >= 11 is 1.61. The van der Waals surface area contributed by atoms with Crippen LogP contribution in [0.3, 0.4) is 0 Å². The SMILES string of the molecule is CC(c1cccs1)N(C)C(=O)NC(CCC(=O)O)Cc1ccccc1. The number of benzene rings is 1. The minimum absolute atomic E-state index is 0.0297. The van der Waals surface area contributed by atoms with Gasteiger partial charge in [-0.2, -0.15) is 0 Å². The monoisotopic (exact) mass is 360 g/mol. The van der Waals surface area contributed by atoms with Crippen molar-refractivity contribution in [1.82, 2.24) is 10.2 Å². The highest BCUT2D eigenvalue weighted by atomic mass is 32.1. The molecule has 2 amide bonds. The number of carbonyl (C=O) groups excluding carboxylic acids is 1. The molecule has 1 aromatic carbocycles. The number of amides is 2. The summed E-state index contributed by atoms with van der Waals surface area (Å²) in [5.74, 6) is -0.854. The van der Waals surface area contributed by atoms with Crippen molar-refractivity contribution in [1.29, 1.82) is 0 Å². The minimum atomic E-state index is -0.854. The molecule has 0 aliphatic carbocycles. The molecule has 0 radical (unpaired) electrons. The molecule has 25 heavy (non-hydrogen) atoms. The van der Waals surface area contributed by atoms with E-state index in [-0.39, 0.29) is 24.5 Å². The summed E-state index contributed by atoms with van der Waals surface area (Å²) in [4.78, 5) is 26.3. The van der Waals surface area contributed by atoms with Gasteiger partial charge in [0.1, 0.15) is 0 Å². The Balaban J connectivity index is 2.01. The van der Waals surface area contributed by atoms with Crippen molar-refractivity contribution >= 4 is 23.3 Å². The van der Waals surface area contributed by atoms with E-state index in [0.29, 0.717) is 12.8 Å². The standard InChI is InChI=1S/C19H24N2O3S/c1-14(17-9-6-12-25-17)21(2)19(24)20-16(10-11-18(22)23)13-15-7-4-3-5-8-15/h3-9,12,14,16H,10-11,13H2,1-2H3,(H,20,24)(H,22,23). The van der Waals surface area contributed by atoms with Crippen LogP contribution in [0.4, 0.5) is 4.79 Å². The first kappa shape index (κ1) is 19.0. The Hall–Kier alpha value is -2.34. The fourth-order valence-corrected chi connectivity index (χ4v) is 3.42. The predicted molar refractivity (Wildman–Crippen MR) is 99.8 cm³/mol. The molecule has 0 aliphatic rings. The van der Waals surface area contributed by atoms with E-state index >= 15 is 0 Å². The van der Waals surface area contributed by atoms with Crippen LogP contribution < -0.4 is 5.32 Å². The van der Waals surface area contributed by atoms with Crippen molar-refractivity contribution in [3.8, 4) is 0 Å². The van der Waals surface area contributed by atoms with Crippen LogP contribution in [0.15, 0.2) is 47.8 Å². The molecule has 0 saturated carbocycles. The van der Waals surface area contributed by atoms with Crippen LogP contribution in [0.25, 0.3) is 0 Å². The van der Waals surface area contributed by atoms with Crippen LogP contribution in [0.5, 0.6) is 0 Å². The van der Waals surface area contributed by atoms with Crippen LogP contribution in [0.2, 0.25) is 0 Å². The van der Waals surface area contributed by atoms with E-state index in [2.05, 4.69) is 5.32 Å². The Morgan fingerprint density at radius 3 is 2.52 bits per heavy atom. The summed E-state index contributed by atoms with van der Waals surface area (Å²) < 4.78 is 0. The second-order valence-corrected chi connectivity index (χ2v) is 7.05. The van der Waals surface area contributed by atoms with Crippen molar-refractivity contribution in [2.75, 3.05) is 7.05 Å². The molecular formula is C19H24N2O3S. The molecule has 1 heterocycles. The molecule has 2 unspecified atom stereocenters. The average Bonchev–Trinajstić information content (AvgIpc) is 3.13. The Kier molecular flexibility index (Phi) is 7.01. The van der Waals surface area contributed by atoms with Gasteiger partial charge in [-0.1, -0.05) is 36.4 Å². The number of hydrogen-bond acceptors (Lipinski definition) is 3. The van der Waals surface area contributed by atoms with Crippen LogP contribution in [-0.2, 0) is 11.2 Å². The lowest BCUT2D eigenvalue weighted by Crippen LogP contribution is -2.45. The lowest BCUT2D eigenvalue weighted by molar-refractivity contribution is -0.137. The first-order valence-electron chi connectivity index (χ1n) is 8.30. The number of aliphatic carboxylic acids is 1. The lowest BCUT2D eigenvalue weighted by Gasteiger charge is -2.27. The van der Waals surface area contributed by atoms with Gasteiger partial charge in [0.05, 0.1) is 6.04 Å².